The first-order valence-electron chi connectivity index (χ1n) is 5.63. The van der Waals surface area contributed by atoms with E-state index in [0.717, 1.165) is 6.42 Å². The van der Waals surface area contributed by atoms with Gasteiger partial charge in [0.2, 0.25) is 0 Å². The molecular formula is C9H20BO5P. The molecule has 16 heavy (non-hydrogen) atoms. The van der Waals surface area contributed by atoms with E-state index in [2.05, 4.69) is 0 Å². The molecule has 1 heterocycles. The van der Waals surface area contributed by atoms with Crippen molar-refractivity contribution < 1.29 is 23.5 Å². The summed E-state index contributed by atoms with van der Waals surface area (Å²) in [4.78, 5) is 9.52. The van der Waals surface area contributed by atoms with Crippen LogP contribution in [-0.2, 0) is 18.6 Å². The first-order valence-corrected chi connectivity index (χ1v) is 7.39. The van der Waals surface area contributed by atoms with E-state index in [-0.39, 0.29) is 24.4 Å². The van der Waals surface area contributed by atoms with Gasteiger partial charge in [-0.3, -0.25) is 9.09 Å². The lowest BCUT2D eigenvalue weighted by Gasteiger charge is -2.24. The van der Waals surface area contributed by atoms with Gasteiger partial charge in [0, 0.05) is 13.3 Å². The van der Waals surface area contributed by atoms with E-state index in [4.69, 9.17) is 14.0 Å². The lowest BCUT2D eigenvalue weighted by molar-refractivity contribution is 0.0128. The van der Waals surface area contributed by atoms with Crippen LogP contribution in [0, 0.1) is 0 Å². The maximum absolute atomic E-state index is 11.6. The van der Waals surface area contributed by atoms with Crippen LogP contribution in [0.15, 0.2) is 0 Å². The zero-order valence-electron chi connectivity index (χ0n) is 10.3. The van der Waals surface area contributed by atoms with E-state index < -0.39 is 13.7 Å². The molecule has 1 saturated heterocycles. The molecule has 1 fully saturated rings. The maximum Gasteiger partial charge on any atom is 0.328 e. The first kappa shape index (κ1) is 14.2. The molecule has 1 N–H and O–H groups in total. The van der Waals surface area contributed by atoms with Crippen LogP contribution in [0.2, 0.25) is 0 Å². The number of rotatable bonds is 5. The van der Waals surface area contributed by atoms with Crippen molar-refractivity contribution in [3.8, 4) is 0 Å². The van der Waals surface area contributed by atoms with Crippen LogP contribution < -0.4 is 0 Å². The molecule has 0 aromatic carbocycles. The molecular weight excluding hydrogens is 230 g/mol. The van der Waals surface area contributed by atoms with Gasteiger partial charge in [0.05, 0.1) is 12.1 Å². The Morgan fingerprint density at radius 2 is 2.06 bits per heavy atom. The minimum absolute atomic E-state index is 0.102. The third kappa shape index (κ3) is 3.08. The van der Waals surface area contributed by atoms with Crippen molar-refractivity contribution in [3.05, 3.63) is 0 Å². The number of hydrogen-bond acceptors (Lipinski definition) is 4. The molecule has 94 valence electrons. The fourth-order valence-corrected chi connectivity index (χ4v) is 2.74. The fraction of sp³-hybridized carbons (Fsp3) is 1.00. The highest BCUT2D eigenvalue weighted by molar-refractivity contribution is 7.52. The predicted molar refractivity (Wildman–Crippen MR) is 63.5 cm³/mol. The molecule has 0 aromatic rings. The van der Waals surface area contributed by atoms with Crippen molar-refractivity contribution >= 4 is 15.4 Å². The Bertz CT molecular complexity index is 275. The third-order valence-electron chi connectivity index (χ3n) is 2.90. The summed E-state index contributed by atoms with van der Waals surface area (Å²) in [6.07, 6.45) is -0.0756. The molecule has 5 atom stereocenters. The molecule has 1 aliphatic heterocycles. The summed E-state index contributed by atoms with van der Waals surface area (Å²) in [6.45, 7) is 3.59. The molecule has 0 amide bonds. The Balaban J connectivity index is 2.77. The van der Waals surface area contributed by atoms with Gasteiger partial charge >= 0.3 is 7.60 Å². The van der Waals surface area contributed by atoms with Gasteiger partial charge in [0.25, 0.3) is 0 Å². The lowest BCUT2D eigenvalue weighted by atomic mass is 9.92. The highest BCUT2D eigenvalue weighted by Crippen LogP contribution is 2.46. The van der Waals surface area contributed by atoms with Crippen LogP contribution in [-0.4, -0.2) is 50.3 Å². The van der Waals surface area contributed by atoms with Crippen LogP contribution in [0.3, 0.4) is 0 Å². The quantitative estimate of drug-likeness (QED) is 0.563. The van der Waals surface area contributed by atoms with E-state index >= 15 is 0 Å². The van der Waals surface area contributed by atoms with Crippen LogP contribution in [0.1, 0.15) is 20.3 Å². The van der Waals surface area contributed by atoms with Gasteiger partial charge in [-0.05, 0) is 6.42 Å². The standard InChI is InChI=1S/C9H20BO5P/c1-4-6-7(15-16(11,12)5-2)8(13-3)9(10)14-6/h6-9H,4-5,10H2,1-3H3,(H,11,12)/t6-,7?,8?,9-/m1/s1. The zero-order chi connectivity index (χ0) is 12.3. The average Bonchev–Trinajstić information content (AvgIpc) is 2.53. The minimum atomic E-state index is -3.51. The van der Waals surface area contributed by atoms with Gasteiger partial charge in [0.1, 0.15) is 20.1 Å². The minimum Gasteiger partial charge on any atom is -0.378 e. The van der Waals surface area contributed by atoms with Crippen molar-refractivity contribution in [3.63, 3.8) is 0 Å². The van der Waals surface area contributed by atoms with Gasteiger partial charge in [-0.15, -0.1) is 0 Å². The van der Waals surface area contributed by atoms with E-state index in [1.807, 2.05) is 14.8 Å². The van der Waals surface area contributed by atoms with Crippen molar-refractivity contribution in [2.24, 2.45) is 0 Å². The number of ether oxygens (including phenoxy) is 2. The molecule has 0 bridgehead atoms. The largest absolute Gasteiger partial charge is 0.378 e. The molecule has 0 spiro atoms. The van der Waals surface area contributed by atoms with Gasteiger partial charge in [-0.25, -0.2) is 0 Å². The zero-order valence-corrected chi connectivity index (χ0v) is 11.1. The molecule has 0 radical (unpaired) electrons. The van der Waals surface area contributed by atoms with Gasteiger partial charge < -0.3 is 14.4 Å². The summed E-state index contributed by atoms with van der Waals surface area (Å²) in [6, 6.07) is -0.114. The number of methoxy groups -OCH3 is 1. The van der Waals surface area contributed by atoms with Crippen molar-refractivity contribution in [1.29, 1.82) is 0 Å². The lowest BCUT2D eigenvalue weighted by Crippen LogP contribution is -2.36. The Kier molecular flexibility index (Phi) is 5.01. The monoisotopic (exact) mass is 250 g/mol. The van der Waals surface area contributed by atoms with Crippen LogP contribution in [0.4, 0.5) is 0 Å². The fourth-order valence-electron chi connectivity index (χ4n) is 1.96. The predicted octanol–water partition coefficient (Wildman–Crippen LogP) is 0.360. The van der Waals surface area contributed by atoms with E-state index in [1.54, 1.807) is 14.0 Å². The Morgan fingerprint density at radius 3 is 2.50 bits per heavy atom. The van der Waals surface area contributed by atoms with Crippen LogP contribution in [0.25, 0.3) is 0 Å². The normalized spacial score (nSPS) is 38.5. The number of hydrogen-bond donors (Lipinski definition) is 1. The third-order valence-corrected chi connectivity index (χ3v) is 4.28. The maximum atomic E-state index is 11.6. The van der Waals surface area contributed by atoms with Gasteiger partial charge in [-0.2, -0.15) is 0 Å². The van der Waals surface area contributed by atoms with E-state index in [0.29, 0.717) is 0 Å². The summed E-state index contributed by atoms with van der Waals surface area (Å²) in [7, 11) is -0.0642. The second-order valence-corrected chi connectivity index (χ2v) is 6.13. The highest BCUT2D eigenvalue weighted by atomic mass is 31.2. The Labute approximate surface area is 97.4 Å². The highest BCUT2D eigenvalue weighted by Gasteiger charge is 2.45. The summed E-state index contributed by atoms with van der Waals surface area (Å²) in [5, 5.41) is 0. The summed E-state index contributed by atoms with van der Waals surface area (Å²) >= 11 is 0. The van der Waals surface area contributed by atoms with E-state index in [9.17, 15) is 9.46 Å². The molecule has 7 heteroatoms. The first-order chi connectivity index (χ1) is 7.45. The van der Waals surface area contributed by atoms with Gasteiger partial charge in [0.15, 0.2) is 0 Å². The Morgan fingerprint density at radius 1 is 1.44 bits per heavy atom. The summed E-state index contributed by atoms with van der Waals surface area (Å²) < 4.78 is 27.8. The van der Waals surface area contributed by atoms with Crippen molar-refractivity contribution in [2.45, 2.75) is 44.6 Å². The van der Waals surface area contributed by atoms with Crippen LogP contribution in [0.5, 0.6) is 0 Å². The molecule has 5 nitrogen and oxygen atoms in total. The second-order valence-electron chi connectivity index (χ2n) is 4.01. The topological polar surface area (TPSA) is 65.0 Å². The smallest absolute Gasteiger partial charge is 0.328 e. The summed E-state index contributed by atoms with van der Waals surface area (Å²) in [5.74, 6) is 0. The molecule has 1 aliphatic rings. The molecule has 0 aromatic heterocycles. The Hall–Kier alpha value is 0.135. The second kappa shape index (κ2) is 5.65. The average molecular weight is 250 g/mol. The van der Waals surface area contributed by atoms with Crippen molar-refractivity contribution in [2.75, 3.05) is 13.3 Å². The van der Waals surface area contributed by atoms with E-state index in [1.165, 1.54) is 0 Å². The van der Waals surface area contributed by atoms with Crippen LogP contribution >= 0.6 is 7.60 Å². The summed E-state index contributed by atoms with van der Waals surface area (Å²) in [5.41, 5.74) is 0. The molecule has 1 rings (SSSR count). The van der Waals surface area contributed by atoms with Crippen molar-refractivity contribution in [1.82, 2.24) is 0 Å². The van der Waals surface area contributed by atoms with Gasteiger partial charge in [-0.1, -0.05) is 13.8 Å². The molecule has 0 aliphatic carbocycles. The molecule has 3 unspecified atom stereocenters. The molecule has 0 saturated carbocycles. The SMILES string of the molecule is B[C@@H]1O[C@H](CC)C(OP(=O)(O)CC)C1OC.